The monoisotopic (exact) mass is 199 g/mol. The molecule has 1 rings (SSSR count). The van der Waals surface area contributed by atoms with Crippen LogP contribution in [0.1, 0.15) is 26.2 Å². The predicted octanol–water partition coefficient (Wildman–Crippen LogP) is 0.790. The summed E-state index contributed by atoms with van der Waals surface area (Å²) in [4.78, 5) is 13.4. The molecule has 1 aliphatic heterocycles. The van der Waals surface area contributed by atoms with Gasteiger partial charge in [0.05, 0.1) is 0 Å². The van der Waals surface area contributed by atoms with E-state index in [9.17, 15) is 4.79 Å². The maximum absolute atomic E-state index is 11.5. The third-order valence-electron chi connectivity index (χ3n) is 2.60. The number of rotatable bonds is 4. The summed E-state index contributed by atoms with van der Waals surface area (Å²) in [6, 6.07) is 0.541. The Morgan fingerprint density at radius 2 is 2.43 bits per heavy atom. The summed E-state index contributed by atoms with van der Waals surface area (Å²) >= 11 is 0. The Morgan fingerprint density at radius 1 is 1.64 bits per heavy atom. The number of amides is 2. The molecule has 0 bridgehead atoms. The van der Waals surface area contributed by atoms with Gasteiger partial charge in [0.1, 0.15) is 0 Å². The smallest absolute Gasteiger partial charge is 0.317 e. The van der Waals surface area contributed by atoms with Gasteiger partial charge in [0.25, 0.3) is 0 Å². The van der Waals surface area contributed by atoms with E-state index in [1.165, 1.54) is 12.8 Å². The van der Waals surface area contributed by atoms with Crippen LogP contribution in [-0.2, 0) is 0 Å². The minimum atomic E-state index is 0.0422. The van der Waals surface area contributed by atoms with Crippen LogP contribution in [0, 0.1) is 0 Å². The number of hydrogen-bond acceptors (Lipinski definition) is 2. The molecule has 1 unspecified atom stereocenters. The zero-order chi connectivity index (χ0) is 10.4. The quantitative estimate of drug-likeness (QED) is 0.703. The van der Waals surface area contributed by atoms with E-state index < -0.39 is 0 Å². The highest BCUT2D eigenvalue weighted by molar-refractivity contribution is 5.73. The summed E-state index contributed by atoms with van der Waals surface area (Å²) in [6.45, 7) is 4.88. The number of nitrogens with one attached hydrogen (secondary N) is 2. The van der Waals surface area contributed by atoms with Crippen molar-refractivity contribution >= 4 is 6.03 Å². The Bertz CT molecular complexity index is 178. The fourth-order valence-corrected chi connectivity index (χ4v) is 1.88. The van der Waals surface area contributed by atoms with Crippen molar-refractivity contribution in [1.29, 1.82) is 0 Å². The Kier molecular flexibility index (Phi) is 4.73. The number of nitrogens with zero attached hydrogens (tertiary/aromatic N) is 1. The molecule has 0 saturated carbocycles. The van der Waals surface area contributed by atoms with Crippen LogP contribution in [0.15, 0.2) is 0 Å². The molecule has 14 heavy (non-hydrogen) atoms. The first-order chi connectivity index (χ1) is 6.77. The summed E-state index contributed by atoms with van der Waals surface area (Å²) < 4.78 is 0. The third kappa shape index (κ3) is 3.18. The van der Waals surface area contributed by atoms with E-state index in [1.54, 1.807) is 7.05 Å². The third-order valence-corrected chi connectivity index (χ3v) is 2.60. The molecule has 0 aromatic heterocycles. The van der Waals surface area contributed by atoms with Crippen molar-refractivity contribution in [2.75, 3.05) is 26.7 Å². The second-order valence-electron chi connectivity index (χ2n) is 3.79. The molecule has 0 aliphatic carbocycles. The molecule has 1 aliphatic rings. The first-order valence-corrected chi connectivity index (χ1v) is 5.48. The zero-order valence-electron chi connectivity index (χ0n) is 9.18. The number of carbonyl (C=O) groups excluding carboxylic acids is 1. The SMILES string of the molecule is CCCN(CC1CCCN1)C(=O)NC. The molecule has 0 aromatic rings. The van der Waals surface area contributed by atoms with Crippen molar-refractivity contribution in [1.82, 2.24) is 15.5 Å². The standard InChI is InChI=1S/C10H21N3O/c1-3-7-13(10(14)11-2)8-9-5-4-6-12-9/h9,12H,3-8H2,1-2H3,(H,11,14). The van der Waals surface area contributed by atoms with Crippen molar-refractivity contribution in [3.05, 3.63) is 0 Å². The Balaban J connectivity index is 2.37. The molecule has 2 amide bonds. The van der Waals surface area contributed by atoms with Gasteiger partial charge < -0.3 is 15.5 Å². The van der Waals surface area contributed by atoms with Crippen LogP contribution < -0.4 is 10.6 Å². The van der Waals surface area contributed by atoms with E-state index in [0.717, 1.165) is 26.1 Å². The Hall–Kier alpha value is -0.770. The average Bonchev–Trinajstić information content (AvgIpc) is 2.68. The first-order valence-electron chi connectivity index (χ1n) is 5.48. The van der Waals surface area contributed by atoms with Gasteiger partial charge in [-0.3, -0.25) is 0 Å². The van der Waals surface area contributed by atoms with Gasteiger partial charge in [-0.1, -0.05) is 6.92 Å². The summed E-state index contributed by atoms with van der Waals surface area (Å²) in [6.07, 6.45) is 3.44. The fourth-order valence-electron chi connectivity index (χ4n) is 1.88. The molecule has 1 atom stereocenters. The molecular weight excluding hydrogens is 178 g/mol. The summed E-state index contributed by atoms with van der Waals surface area (Å²) in [5.41, 5.74) is 0. The van der Waals surface area contributed by atoms with Crippen molar-refractivity contribution in [3.8, 4) is 0 Å². The van der Waals surface area contributed by atoms with E-state index in [0.29, 0.717) is 6.04 Å². The van der Waals surface area contributed by atoms with Gasteiger partial charge in [-0.25, -0.2) is 4.79 Å². The lowest BCUT2D eigenvalue weighted by Gasteiger charge is -2.24. The first kappa shape index (κ1) is 11.3. The number of urea groups is 1. The largest absolute Gasteiger partial charge is 0.341 e. The fraction of sp³-hybridized carbons (Fsp3) is 0.900. The molecule has 1 saturated heterocycles. The molecule has 82 valence electrons. The molecule has 0 spiro atoms. The van der Waals surface area contributed by atoms with Gasteiger partial charge in [-0.05, 0) is 25.8 Å². The van der Waals surface area contributed by atoms with Gasteiger partial charge in [0.2, 0.25) is 0 Å². The zero-order valence-corrected chi connectivity index (χ0v) is 9.18. The van der Waals surface area contributed by atoms with Crippen LogP contribution in [0.5, 0.6) is 0 Å². The lowest BCUT2D eigenvalue weighted by atomic mass is 10.2. The van der Waals surface area contributed by atoms with Gasteiger partial charge in [-0.2, -0.15) is 0 Å². The van der Waals surface area contributed by atoms with E-state index >= 15 is 0 Å². The van der Waals surface area contributed by atoms with Gasteiger partial charge in [0.15, 0.2) is 0 Å². The van der Waals surface area contributed by atoms with Crippen LogP contribution in [0.25, 0.3) is 0 Å². The summed E-state index contributed by atoms with van der Waals surface area (Å²) in [7, 11) is 1.69. The Labute approximate surface area is 86.0 Å². The van der Waals surface area contributed by atoms with Crippen molar-refractivity contribution < 1.29 is 4.79 Å². The molecule has 0 aromatic carbocycles. The summed E-state index contributed by atoms with van der Waals surface area (Å²) in [5.74, 6) is 0. The highest BCUT2D eigenvalue weighted by Gasteiger charge is 2.19. The second-order valence-corrected chi connectivity index (χ2v) is 3.79. The van der Waals surface area contributed by atoms with Gasteiger partial charge in [-0.15, -0.1) is 0 Å². The molecule has 1 fully saturated rings. The minimum Gasteiger partial charge on any atom is -0.341 e. The van der Waals surface area contributed by atoms with E-state index in [1.807, 2.05) is 4.90 Å². The highest BCUT2D eigenvalue weighted by Crippen LogP contribution is 2.07. The average molecular weight is 199 g/mol. The molecule has 4 heteroatoms. The predicted molar refractivity (Wildman–Crippen MR) is 57.3 cm³/mol. The van der Waals surface area contributed by atoms with E-state index in [2.05, 4.69) is 17.6 Å². The van der Waals surface area contributed by atoms with Crippen LogP contribution in [-0.4, -0.2) is 43.7 Å². The molecule has 4 nitrogen and oxygen atoms in total. The van der Waals surface area contributed by atoms with Gasteiger partial charge in [0, 0.05) is 26.2 Å². The topological polar surface area (TPSA) is 44.4 Å². The normalized spacial score (nSPS) is 20.9. The highest BCUT2D eigenvalue weighted by atomic mass is 16.2. The molecule has 1 heterocycles. The minimum absolute atomic E-state index is 0.0422. The lowest BCUT2D eigenvalue weighted by Crippen LogP contribution is -2.45. The van der Waals surface area contributed by atoms with Gasteiger partial charge >= 0.3 is 6.03 Å². The maximum Gasteiger partial charge on any atom is 0.317 e. The summed E-state index contributed by atoms with van der Waals surface area (Å²) in [5, 5.41) is 6.09. The van der Waals surface area contributed by atoms with Crippen LogP contribution >= 0.6 is 0 Å². The van der Waals surface area contributed by atoms with Crippen molar-refractivity contribution in [2.24, 2.45) is 0 Å². The van der Waals surface area contributed by atoms with E-state index in [-0.39, 0.29) is 6.03 Å². The van der Waals surface area contributed by atoms with Crippen LogP contribution in [0.4, 0.5) is 4.79 Å². The molecular formula is C10H21N3O. The van der Waals surface area contributed by atoms with E-state index in [4.69, 9.17) is 0 Å². The maximum atomic E-state index is 11.5. The van der Waals surface area contributed by atoms with Crippen molar-refractivity contribution in [2.45, 2.75) is 32.2 Å². The second kappa shape index (κ2) is 5.86. The van der Waals surface area contributed by atoms with Crippen LogP contribution in [0.3, 0.4) is 0 Å². The Morgan fingerprint density at radius 3 is 2.93 bits per heavy atom. The van der Waals surface area contributed by atoms with Crippen LogP contribution in [0.2, 0.25) is 0 Å². The molecule has 0 radical (unpaired) electrons. The molecule has 2 N–H and O–H groups in total. The number of hydrogen-bond donors (Lipinski definition) is 2. The number of carbonyl (C=O) groups is 1. The lowest BCUT2D eigenvalue weighted by molar-refractivity contribution is 0.194. The van der Waals surface area contributed by atoms with Crippen molar-refractivity contribution in [3.63, 3.8) is 0 Å².